The van der Waals surface area contributed by atoms with E-state index in [0.717, 1.165) is 11.3 Å². The van der Waals surface area contributed by atoms with Gasteiger partial charge in [-0.15, -0.1) is 0 Å². The number of benzene rings is 3. The van der Waals surface area contributed by atoms with E-state index in [2.05, 4.69) is 0 Å². The normalized spacial score (nSPS) is 15.2. The van der Waals surface area contributed by atoms with Gasteiger partial charge >= 0.3 is 10.1 Å². The van der Waals surface area contributed by atoms with Crippen molar-refractivity contribution in [2.75, 3.05) is 12.0 Å². The number of hydrogen-bond acceptors (Lipinski definition) is 7. The lowest BCUT2D eigenvalue weighted by molar-refractivity contribution is -0.113. The molecule has 0 spiro atoms. The minimum absolute atomic E-state index is 0.0380. The number of methoxy groups -OCH3 is 1. The van der Waals surface area contributed by atoms with E-state index in [9.17, 15) is 13.2 Å². The lowest BCUT2D eigenvalue weighted by Gasteiger charge is -2.16. The third-order valence-corrected chi connectivity index (χ3v) is 7.42. The van der Waals surface area contributed by atoms with Gasteiger partial charge in [0.15, 0.2) is 15.8 Å². The molecule has 0 radical (unpaired) electrons. The molecule has 1 saturated heterocycles. The first-order valence-corrected chi connectivity index (χ1v) is 12.4. The summed E-state index contributed by atoms with van der Waals surface area (Å²) in [6.07, 6.45) is 1.69. The molecule has 1 aliphatic heterocycles. The van der Waals surface area contributed by atoms with Gasteiger partial charge in [0.1, 0.15) is 4.90 Å². The highest BCUT2D eigenvalue weighted by atomic mass is 32.2. The van der Waals surface area contributed by atoms with Crippen LogP contribution < -0.4 is 13.8 Å². The van der Waals surface area contributed by atoms with Crippen LogP contribution in [0.15, 0.2) is 82.6 Å². The average Bonchev–Trinajstić information content (AvgIpc) is 3.08. The van der Waals surface area contributed by atoms with E-state index in [1.807, 2.05) is 31.2 Å². The summed E-state index contributed by atoms with van der Waals surface area (Å²) in [5, 5.41) is 0. The summed E-state index contributed by atoms with van der Waals surface area (Å²) in [6, 6.07) is 20.1. The molecule has 6 nitrogen and oxygen atoms in total. The molecule has 33 heavy (non-hydrogen) atoms. The van der Waals surface area contributed by atoms with Crippen molar-refractivity contribution in [2.24, 2.45) is 0 Å². The maximum Gasteiger partial charge on any atom is 0.339 e. The fraction of sp³-hybridized carbons (Fsp3) is 0.0833. The molecule has 3 aromatic rings. The minimum atomic E-state index is -4.02. The molecule has 168 valence electrons. The fourth-order valence-electron chi connectivity index (χ4n) is 3.24. The van der Waals surface area contributed by atoms with Crippen LogP contribution in [0.2, 0.25) is 0 Å². The van der Waals surface area contributed by atoms with E-state index in [-0.39, 0.29) is 22.3 Å². The lowest BCUT2D eigenvalue weighted by Crippen LogP contribution is -2.28. The summed E-state index contributed by atoms with van der Waals surface area (Å²) in [5.41, 5.74) is 2.33. The lowest BCUT2D eigenvalue weighted by atomic mass is 10.1. The van der Waals surface area contributed by atoms with E-state index in [1.165, 1.54) is 42.0 Å². The molecule has 0 saturated carbocycles. The summed E-state index contributed by atoms with van der Waals surface area (Å²) >= 11 is 6.65. The zero-order chi connectivity index (χ0) is 23.6. The Bertz CT molecular complexity index is 1370. The van der Waals surface area contributed by atoms with Crippen LogP contribution in [0.5, 0.6) is 11.5 Å². The molecule has 0 aliphatic carbocycles. The smallest absolute Gasteiger partial charge is 0.339 e. The highest BCUT2D eigenvalue weighted by molar-refractivity contribution is 8.27. The number of amides is 1. The number of nitrogens with zero attached hydrogens (tertiary/aromatic N) is 1. The first-order chi connectivity index (χ1) is 15.8. The number of carbonyl (C=O) groups excluding carboxylic acids is 1. The molecule has 1 fully saturated rings. The number of carbonyl (C=O) groups is 1. The molecular weight excluding hydrogens is 478 g/mol. The Morgan fingerprint density at radius 2 is 1.67 bits per heavy atom. The summed E-state index contributed by atoms with van der Waals surface area (Å²) in [5.74, 6) is 0.0499. The van der Waals surface area contributed by atoms with Crippen molar-refractivity contribution in [1.29, 1.82) is 0 Å². The zero-order valence-electron chi connectivity index (χ0n) is 17.7. The van der Waals surface area contributed by atoms with E-state index >= 15 is 0 Å². The van der Waals surface area contributed by atoms with Gasteiger partial charge in [0.05, 0.1) is 17.7 Å². The van der Waals surface area contributed by atoms with E-state index in [4.69, 9.17) is 21.1 Å². The number of rotatable bonds is 6. The summed E-state index contributed by atoms with van der Waals surface area (Å²) in [7, 11) is -2.60. The van der Waals surface area contributed by atoms with Crippen molar-refractivity contribution in [2.45, 2.75) is 11.8 Å². The maximum absolute atomic E-state index is 13.1. The Labute approximate surface area is 202 Å². The molecular formula is C24H19NO5S3. The first-order valence-electron chi connectivity index (χ1n) is 9.81. The zero-order valence-corrected chi connectivity index (χ0v) is 20.2. The Morgan fingerprint density at radius 1 is 0.970 bits per heavy atom. The summed E-state index contributed by atoms with van der Waals surface area (Å²) < 4.78 is 36.2. The second-order valence-electron chi connectivity index (χ2n) is 7.06. The molecule has 9 heteroatoms. The maximum atomic E-state index is 13.1. The van der Waals surface area contributed by atoms with Gasteiger partial charge in [0, 0.05) is 0 Å². The number of anilines is 1. The largest absolute Gasteiger partial charge is 0.493 e. The topological polar surface area (TPSA) is 72.9 Å². The average molecular weight is 498 g/mol. The number of ether oxygens (including phenoxy) is 1. The van der Waals surface area contributed by atoms with Crippen LogP contribution >= 0.6 is 24.0 Å². The molecule has 0 bridgehead atoms. The van der Waals surface area contributed by atoms with Gasteiger partial charge in [-0.1, -0.05) is 66.4 Å². The molecule has 1 heterocycles. The number of aryl methyl sites for hydroxylation is 1. The Morgan fingerprint density at radius 3 is 2.36 bits per heavy atom. The third-order valence-electron chi connectivity index (χ3n) is 4.87. The molecule has 0 N–H and O–H groups in total. The van der Waals surface area contributed by atoms with Gasteiger partial charge in [0.25, 0.3) is 5.91 Å². The Kier molecular flexibility index (Phi) is 6.55. The summed E-state index contributed by atoms with van der Waals surface area (Å²) in [6.45, 7) is 1.92. The molecule has 3 aromatic carbocycles. The number of thiocarbonyl (C=S) groups is 1. The van der Waals surface area contributed by atoms with Crippen LogP contribution in [0, 0.1) is 6.92 Å². The molecule has 1 amide bonds. The van der Waals surface area contributed by atoms with Crippen molar-refractivity contribution in [3.63, 3.8) is 0 Å². The Balaban J connectivity index is 1.61. The van der Waals surface area contributed by atoms with Crippen LogP contribution in [-0.2, 0) is 14.9 Å². The second kappa shape index (κ2) is 9.38. The standard InChI is InChI=1S/C24H19NO5S3/c1-16-8-6-7-11-19(16)25-23(26)22(32-24(25)31)15-17-12-13-20(21(14-17)29-2)30-33(27,28)18-9-4-3-5-10-18/h3-15H,1-2H3. The number of hydrogen-bond donors (Lipinski definition) is 0. The van der Waals surface area contributed by atoms with Crippen molar-refractivity contribution in [1.82, 2.24) is 0 Å². The molecule has 1 aliphatic rings. The van der Waals surface area contributed by atoms with Crippen molar-refractivity contribution in [3.05, 3.63) is 88.8 Å². The van der Waals surface area contributed by atoms with E-state index < -0.39 is 10.1 Å². The highest BCUT2D eigenvalue weighted by Crippen LogP contribution is 2.38. The van der Waals surface area contributed by atoms with Crippen molar-refractivity contribution in [3.8, 4) is 11.5 Å². The minimum Gasteiger partial charge on any atom is -0.493 e. The first kappa shape index (κ1) is 23.0. The monoisotopic (exact) mass is 497 g/mol. The van der Waals surface area contributed by atoms with Gasteiger partial charge in [0.2, 0.25) is 0 Å². The van der Waals surface area contributed by atoms with Crippen LogP contribution in [0.3, 0.4) is 0 Å². The number of thioether (sulfide) groups is 1. The van der Waals surface area contributed by atoms with E-state index in [1.54, 1.807) is 36.4 Å². The predicted molar refractivity (Wildman–Crippen MR) is 134 cm³/mol. The van der Waals surface area contributed by atoms with E-state index in [0.29, 0.717) is 14.8 Å². The second-order valence-corrected chi connectivity index (χ2v) is 10.3. The fourth-order valence-corrected chi connectivity index (χ4v) is 5.48. The molecule has 4 rings (SSSR count). The van der Waals surface area contributed by atoms with Crippen molar-refractivity contribution >= 4 is 56.1 Å². The van der Waals surface area contributed by atoms with Crippen molar-refractivity contribution < 1.29 is 22.1 Å². The molecule has 0 atom stereocenters. The van der Waals surface area contributed by atoms with Crippen LogP contribution in [-0.4, -0.2) is 25.8 Å². The van der Waals surface area contributed by atoms with Crippen LogP contribution in [0.1, 0.15) is 11.1 Å². The molecule has 0 unspecified atom stereocenters. The van der Waals surface area contributed by atoms with Gasteiger partial charge in [-0.25, -0.2) is 0 Å². The Hall–Kier alpha value is -3.14. The number of para-hydroxylation sites is 1. The van der Waals surface area contributed by atoms with Gasteiger partial charge in [-0.05, 0) is 54.5 Å². The quantitative estimate of drug-likeness (QED) is 0.264. The summed E-state index contributed by atoms with van der Waals surface area (Å²) in [4.78, 5) is 15.1. The predicted octanol–water partition coefficient (Wildman–Crippen LogP) is 5.18. The van der Waals surface area contributed by atoms with Gasteiger partial charge in [-0.3, -0.25) is 9.69 Å². The van der Waals surface area contributed by atoms with Gasteiger partial charge in [-0.2, -0.15) is 8.42 Å². The molecule has 0 aromatic heterocycles. The van der Waals surface area contributed by atoms with Gasteiger partial charge < -0.3 is 8.92 Å². The van der Waals surface area contributed by atoms with Crippen LogP contribution in [0.4, 0.5) is 5.69 Å². The SMILES string of the molecule is COc1cc(C=C2SC(=S)N(c3ccccc3C)C2=O)ccc1OS(=O)(=O)c1ccccc1. The highest BCUT2D eigenvalue weighted by Gasteiger charge is 2.34. The van der Waals surface area contributed by atoms with Crippen LogP contribution in [0.25, 0.3) is 6.08 Å². The third kappa shape index (κ3) is 4.80.